The molecule has 33 heavy (non-hydrogen) atoms. The Labute approximate surface area is 228 Å². The van der Waals surface area contributed by atoms with Crippen molar-refractivity contribution in [3.05, 3.63) is 64.2 Å². The first-order valence-corrected chi connectivity index (χ1v) is 19.4. The van der Waals surface area contributed by atoms with Gasteiger partial charge in [0.1, 0.15) is 0 Å². The third-order valence-corrected chi connectivity index (χ3v) is 15.1. The zero-order valence-electron chi connectivity index (χ0n) is 22.2. The van der Waals surface area contributed by atoms with Gasteiger partial charge in [-0.3, -0.25) is 0 Å². The number of halogens is 2. The van der Waals surface area contributed by atoms with Crippen molar-refractivity contribution in [2.45, 2.75) is 89.4 Å². The molecule has 0 saturated heterocycles. The van der Waals surface area contributed by atoms with E-state index in [-0.39, 0.29) is 41.6 Å². The first kappa shape index (κ1) is 30.9. The summed E-state index contributed by atoms with van der Waals surface area (Å²) in [7, 11) is 0. The number of benzene rings is 2. The van der Waals surface area contributed by atoms with Gasteiger partial charge in [0.05, 0.1) is 0 Å². The predicted molar refractivity (Wildman–Crippen MR) is 137 cm³/mol. The van der Waals surface area contributed by atoms with Crippen LogP contribution in [0.25, 0.3) is 17.2 Å². The Hall–Kier alpha value is -0.140. The first-order valence-electron chi connectivity index (χ1n) is 11.8. The van der Waals surface area contributed by atoms with Crippen LogP contribution in [0.2, 0.25) is 13.1 Å². The molecule has 1 aliphatic carbocycles. The van der Waals surface area contributed by atoms with Crippen molar-refractivity contribution in [2.75, 3.05) is 0 Å². The molecule has 3 rings (SSSR count). The minimum absolute atomic E-state index is 0. The molecule has 0 nitrogen and oxygen atoms in total. The van der Waals surface area contributed by atoms with Gasteiger partial charge in [-0.1, -0.05) is 0 Å². The molecule has 0 aliphatic heterocycles. The largest absolute Gasteiger partial charge is 1.00 e. The molecule has 1 radical (unpaired) electrons. The summed E-state index contributed by atoms with van der Waals surface area (Å²) >= 11 is -0.422. The van der Waals surface area contributed by atoms with Crippen LogP contribution in [0.5, 0.6) is 0 Å². The van der Waals surface area contributed by atoms with Gasteiger partial charge in [0.15, 0.2) is 0 Å². The zero-order valence-corrected chi connectivity index (χ0v) is 27.1. The molecule has 1 unspecified atom stereocenters. The Morgan fingerprint density at radius 3 is 1.88 bits per heavy atom. The second kappa shape index (κ2) is 11.7. The fourth-order valence-corrected chi connectivity index (χ4v) is 13.3. The van der Waals surface area contributed by atoms with E-state index < -0.39 is 22.4 Å². The van der Waals surface area contributed by atoms with Gasteiger partial charge in [0.2, 0.25) is 0 Å². The number of rotatable bonds is 5. The molecule has 1 atom stereocenters. The van der Waals surface area contributed by atoms with Gasteiger partial charge in [-0.05, 0) is 0 Å². The van der Waals surface area contributed by atoms with Crippen molar-refractivity contribution in [3.63, 3.8) is 0 Å². The molecule has 4 heteroatoms. The van der Waals surface area contributed by atoms with Crippen molar-refractivity contribution >= 4 is 12.0 Å². The maximum Gasteiger partial charge on any atom is -1.00 e. The fraction of sp³-hybridized carbons (Fsp3) is 0.517. The summed E-state index contributed by atoms with van der Waals surface area (Å²) in [4.78, 5) is 0. The van der Waals surface area contributed by atoms with E-state index in [0.29, 0.717) is 0 Å². The summed E-state index contributed by atoms with van der Waals surface area (Å²) in [6.45, 7) is 23.8. The summed E-state index contributed by atoms with van der Waals surface area (Å²) in [6, 6.07) is 14.5. The number of hydrogen-bond donors (Lipinski definition) is 0. The zero-order chi connectivity index (χ0) is 23.1. The monoisotopic (exact) mass is 577 g/mol. The smallest absolute Gasteiger partial charge is 1.00 e. The van der Waals surface area contributed by atoms with E-state index in [2.05, 4.69) is 111 Å². The Morgan fingerprint density at radius 1 is 0.879 bits per heavy atom. The third-order valence-electron chi connectivity index (χ3n) is 6.20. The summed E-state index contributed by atoms with van der Waals surface area (Å²) in [5.74, 6) is 0.603. The van der Waals surface area contributed by atoms with Crippen LogP contribution in [0.1, 0.15) is 87.7 Å². The molecule has 0 spiro atoms. The topological polar surface area (TPSA) is 0 Å². The molecule has 0 bridgehead atoms. The summed E-state index contributed by atoms with van der Waals surface area (Å²) < 4.78 is 0.790. The second-order valence-corrected chi connectivity index (χ2v) is 25.2. The van der Waals surface area contributed by atoms with Crippen LogP contribution < -0.4 is 24.8 Å². The molecular formula is C29H41Cl2SiZr. The van der Waals surface area contributed by atoms with Crippen molar-refractivity contribution in [1.29, 1.82) is 0 Å². The summed E-state index contributed by atoms with van der Waals surface area (Å²) in [5, 5.41) is 0. The van der Waals surface area contributed by atoms with Crippen molar-refractivity contribution < 1.29 is 47.2 Å². The quantitative estimate of drug-likeness (QED) is 0.478. The molecule has 0 N–H and O–H groups in total. The van der Waals surface area contributed by atoms with Crippen LogP contribution in [0.15, 0.2) is 42.0 Å². The van der Waals surface area contributed by atoms with E-state index >= 15 is 0 Å². The van der Waals surface area contributed by atoms with E-state index in [1.54, 1.807) is 11.1 Å². The van der Waals surface area contributed by atoms with Crippen molar-refractivity contribution in [2.24, 2.45) is 5.92 Å². The van der Waals surface area contributed by atoms with Gasteiger partial charge in [0.25, 0.3) is 0 Å². The van der Waals surface area contributed by atoms with Gasteiger partial charge in [-0.25, -0.2) is 0 Å². The molecule has 0 fully saturated rings. The van der Waals surface area contributed by atoms with Crippen LogP contribution in [-0.2, 0) is 33.2 Å². The van der Waals surface area contributed by atoms with Crippen LogP contribution in [0.4, 0.5) is 0 Å². The van der Waals surface area contributed by atoms with Crippen molar-refractivity contribution in [3.8, 4) is 11.1 Å². The maximum atomic E-state index is 2.60. The molecule has 2 aromatic carbocycles. The van der Waals surface area contributed by atoms with Crippen molar-refractivity contribution in [1.82, 2.24) is 0 Å². The second-order valence-electron chi connectivity index (χ2n) is 12.0. The average molecular weight is 580 g/mol. The minimum atomic E-state index is -0.422. The predicted octanol–water partition coefficient (Wildman–Crippen LogP) is 2.77. The van der Waals surface area contributed by atoms with Crippen LogP contribution in [-0.4, -0.2) is 5.92 Å². The normalized spacial score (nSPS) is 15.5. The van der Waals surface area contributed by atoms with E-state index in [4.69, 9.17) is 0 Å². The van der Waals surface area contributed by atoms with Gasteiger partial charge in [-0.15, -0.1) is 0 Å². The van der Waals surface area contributed by atoms with Crippen LogP contribution in [0, 0.1) is 5.92 Å². The molecule has 2 aromatic rings. The fourth-order valence-electron chi connectivity index (χ4n) is 4.47. The van der Waals surface area contributed by atoms with E-state index in [9.17, 15) is 0 Å². The Balaban J connectivity index is 0.00000272. The Morgan fingerprint density at radius 2 is 1.42 bits per heavy atom. The van der Waals surface area contributed by atoms with E-state index in [1.165, 1.54) is 34.2 Å². The maximum absolute atomic E-state index is 2.60. The summed E-state index contributed by atoms with van der Waals surface area (Å²) in [6.07, 6.45) is 3.85. The van der Waals surface area contributed by atoms with Gasteiger partial charge < -0.3 is 24.8 Å². The SMILES string of the molecule is CC(C)CC1=Cc2c(-c3cc(C(C)(C)C)cc(C(C)(C)C)c3)cccc2[CH]1[Zr+2][Si](C)C.[Cl-].[Cl-]. The molecule has 179 valence electrons. The minimum Gasteiger partial charge on any atom is -1.00 e. The molecule has 1 aliphatic rings. The molecule has 0 heterocycles. The van der Waals surface area contributed by atoms with Gasteiger partial charge >= 0.3 is 205 Å². The molecule has 0 amide bonds. The standard InChI is InChI=1S/C27H35.C2H6Si.2ClH.Zr/c1-18(2)12-19-13-20-10-9-11-24(25(20)14-19)21-15-22(26(3,4)5)17-23(16-21)27(6,7)8;1-3-2;;;/h9-11,13-18H,12H2,1-8H3;1-2H3;2*1H;/q;;;;+2/p-2. The number of fused-ring (bicyclic) bond motifs is 1. The Bertz CT molecular complexity index is 946. The molecule has 0 aromatic heterocycles. The molecule has 0 saturated carbocycles. The average Bonchev–Trinajstić information content (AvgIpc) is 2.96. The first-order chi connectivity index (χ1) is 14.3. The van der Waals surface area contributed by atoms with Crippen LogP contribution in [0.3, 0.4) is 0 Å². The van der Waals surface area contributed by atoms with Gasteiger partial charge in [-0.2, -0.15) is 0 Å². The Kier molecular flexibility index (Phi) is 11.0. The van der Waals surface area contributed by atoms with E-state index in [1.807, 2.05) is 0 Å². The molecular weight excluding hydrogens is 539 g/mol. The number of hydrogen-bond acceptors (Lipinski definition) is 0. The summed E-state index contributed by atoms with van der Waals surface area (Å²) in [5.41, 5.74) is 10.9. The number of allylic oxidation sites excluding steroid dienone is 1. The van der Waals surface area contributed by atoms with E-state index in [0.717, 1.165) is 9.54 Å². The van der Waals surface area contributed by atoms with Gasteiger partial charge in [0, 0.05) is 0 Å². The third kappa shape index (κ3) is 7.42. The van der Waals surface area contributed by atoms with Crippen LogP contribution >= 0.6 is 0 Å².